The number of para-hydroxylation sites is 1. The van der Waals surface area contributed by atoms with Crippen molar-refractivity contribution in [2.24, 2.45) is 0 Å². The van der Waals surface area contributed by atoms with Crippen LogP contribution in [0.15, 0.2) is 24.3 Å². The van der Waals surface area contributed by atoms with Crippen LogP contribution in [0.3, 0.4) is 0 Å². The van der Waals surface area contributed by atoms with Crippen LogP contribution >= 0.6 is 0 Å². The van der Waals surface area contributed by atoms with Crippen LogP contribution in [0.4, 0.5) is 5.69 Å². The molecule has 1 aliphatic rings. The highest BCUT2D eigenvalue weighted by molar-refractivity contribution is 5.90. The number of benzene rings is 1. The standard InChI is InChI=1S/C15H22N2O2/c1-11(18)12-7-5-6-8-13(12)17-10-9-16(4)14(19)15(17,2)3/h5-8,11,18H,9-10H2,1-4H3. The van der Waals surface area contributed by atoms with E-state index in [-0.39, 0.29) is 5.91 Å². The molecule has 19 heavy (non-hydrogen) atoms. The fraction of sp³-hybridized carbons (Fsp3) is 0.533. The summed E-state index contributed by atoms with van der Waals surface area (Å²) >= 11 is 0. The molecule has 104 valence electrons. The number of aliphatic hydroxyl groups excluding tert-OH is 1. The molecule has 1 N–H and O–H groups in total. The monoisotopic (exact) mass is 262 g/mol. The van der Waals surface area contributed by atoms with Gasteiger partial charge < -0.3 is 14.9 Å². The van der Waals surface area contributed by atoms with E-state index in [4.69, 9.17) is 0 Å². The summed E-state index contributed by atoms with van der Waals surface area (Å²) in [7, 11) is 1.84. The van der Waals surface area contributed by atoms with E-state index in [9.17, 15) is 9.90 Å². The zero-order chi connectivity index (χ0) is 14.2. The zero-order valence-electron chi connectivity index (χ0n) is 12.1. The summed E-state index contributed by atoms with van der Waals surface area (Å²) in [6.07, 6.45) is -0.540. The third kappa shape index (κ3) is 2.32. The van der Waals surface area contributed by atoms with E-state index in [1.165, 1.54) is 0 Å². The average Bonchev–Trinajstić information content (AvgIpc) is 2.36. The lowest BCUT2D eigenvalue weighted by molar-refractivity contribution is -0.136. The van der Waals surface area contributed by atoms with Gasteiger partial charge in [0.2, 0.25) is 5.91 Å². The summed E-state index contributed by atoms with van der Waals surface area (Å²) in [6, 6.07) is 7.75. The maximum atomic E-state index is 12.3. The van der Waals surface area contributed by atoms with Crippen LogP contribution in [-0.4, -0.2) is 41.6 Å². The molecule has 1 unspecified atom stereocenters. The van der Waals surface area contributed by atoms with Crippen molar-refractivity contribution >= 4 is 11.6 Å². The highest BCUT2D eigenvalue weighted by Gasteiger charge is 2.41. The molecule has 1 fully saturated rings. The van der Waals surface area contributed by atoms with Crippen LogP contribution in [-0.2, 0) is 4.79 Å². The Morgan fingerprint density at radius 3 is 2.53 bits per heavy atom. The molecular formula is C15H22N2O2. The summed E-state index contributed by atoms with van der Waals surface area (Å²) < 4.78 is 0. The minimum absolute atomic E-state index is 0.110. The Morgan fingerprint density at radius 1 is 1.26 bits per heavy atom. The molecule has 1 aromatic carbocycles. The summed E-state index contributed by atoms with van der Waals surface area (Å²) in [4.78, 5) is 16.2. The fourth-order valence-electron chi connectivity index (χ4n) is 2.72. The Bertz CT molecular complexity index is 483. The fourth-order valence-corrected chi connectivity index (χ4v) is 2.72. The Labute approximate surface area is 114 Å². The van der Waals surface area contributed by atoms with E-state index in [0.717, 1.165) is 17.8 Å². The molecule has 0 bridgehead atoms. The van der Waals surface area contributed by atoms with E-state index < -0.39 is 11.6 Å². The zero-order valence-corrected chi connectivity index (χ0v) is 12.1. The first kappa shape index (κ1) is 13.9. The van der Waals surface area contributed by atoms with Gasteiger partial charge in [0, 0.05) is 31.4 Å². The van der Waals surface area contributed by atoms with Gasteiger partial charge in [-0.15, -0.1) is 0 Å². The number of piperazine rings is 1. The molecule has 1 aromatic rings. The number of rotatable bonds is 2. The molecule has 0 radical (unpaired) electrons. The second-order valence-corrected chi connectivity index (χ2v) is 5.67. The number of anilines is 1. The van der Waals surface area contributed by atoms with Crippen molar-refractivity contribution in [3.63, 3.8) is 0 Å². The van der Waals surface area contributed by atoms with Crippen molar-refractivity contribution < 1.29 is 9.90 Å². The van der Waals surface area contributed by atoms with Gasteiger partial charge in [-0.05, 0) is 26.8 Å². The van der Waals surface area contributed by atoms with Crippen molar-refractivity contribution in [1.29, 1.82) is 0 Å². The molecule has 1 saturated heterocycles. The number of aliphatic hydroxyl groups is 1. The van der Waals surface area contributed by atoms with Gasteiger partial charge in [0.15, 0.2) is 0 Å². The van der Waals surface area contributed by atoms with E-state index in [1.54, 1.807) is 11.8 Å². The molecule has 1 atom stereocenters. The predicted octanol–water partition coefficient (Wildman–Crippen LogP) is 1.80. The summed E-state index contributed by atoms with van der Waals surface area (Å²) in [5.41, 5.74) is 1.23. The second-order valence-electron chi connectivity index (χ2n) is 5.67. The lowest BCUT2D eigenvalue weighted by Crippen LogP contribution is -2.62. The van der Waals surface area contributed by atoms with Gasteiger partial charge >= 0.3 is 0 Å². The van der Waals surface area contributed by atoms with Crippen LogP contribution in [0, 0.1) is 0 Å². The maximum absolute atomic E-state index is 12.3. The van der Waals surface area contributed by atoms with E-state index in [0.29, 0.717) is 6.54 Å². The van der Waals surface area contributed by atoms with Gasteiger partial charge in [-0.25, -0.2) is 0 Å². The third-order valence-corrected chi connectivity index (χ3v) is 3.88. The predicted molar refractivity (Wildman–Crippen MR) is 76.1 cm³/mol. The Hall–Kier alpha value is -1.55. The minimum Gasteiger partial charge on any atom is -0.389 e. The summed E-state index contributed by atoms with van der Waals surface area (Å²) in [6.45, 7) is 7.10. The first-order valence-corrected chi connectivity index (χ1v) is 6.66. The topological polar surface area (TPSA) is 43.8 Å². The molecular weight excluding hydrogens is 240 g/mol. The van der Waals surface area contributed by atoms with Crippen LogP contribution in [0.2, 0.25) is 0 Å². The molecule has 4 nitrogen and oxygen atoms in total. The summed E-state index contributed by atoms with van der Waals surface area (Å²) in [5, 5.41) is 9.90. The minimum atomic E-state index is -0.585. The second kappa shape index (κ2) is 4.85. The highest BCUT2D eigenvalue weighted by Crippen LogP contribution is 2.33. The van der Waals surface area contributed by atoms with Gasteiger partial charge in [-0.2, -0.15) is 0 Å². The van der Waals surface area contributed by atoms with Crippen molar-refractivity contribution in [3.8, 4) is 0 Å². The third-order valence-electron chi connectivity index (χ3n) is 3.88. The number of hydrogen-bond acceptors (Lipinski definition) is 3. The van der Waals surface area contributed by atoms with Gasteiger partial charge in [0.05, 0.1) is 6.10 Å². The van der Waals surface area contributed by atoms with Gasteiger partial charge in [0.1, 0.15) is 5.54 Å². The Kier molecular flexibility index (Phi) is 3.54. The van der Waals surface area contributed by atoms with Crippen molar-refractivity contribution in [2.45, 2.75) is 32.4 Å². The SMILES string of the molecule is CC(O)c1ccccc1N1CCN(C)C(=O)C1(C)C. The number of carbonyl (C=O) groups excluding carboxylic acids is 1. The molecule has 1 amide bonds. The quantitative estimate of drug-likeness (QED) is 0.884. The largest absolute Gasteiger partial charge is 0.389 e. The van der Waals surface area contributed by atoms with E-state index in [1.807, 2.05) is 45.2 Å². The molecule has 1 heterocycles. The number of likely N-dealkylation sites (N-methyl/N-ethyl adjacent to an activating group) is 1. The smallest absolute Gasteiger partial charge is 0.247 e. The lowest BCUT2D eigenvalue weighted by Gasteiger charge is -2.47. The lowest BCUT2D eigenvalue weighted by atomic mass is 9.95. The maximum Gasteiger partial charge on any atom is 0.247 e. The van der Waals surface area contributed by atoms with Crippen molar-refractivity contribution in [1.82, 2.24) is 4.90 Å². The summed E-state index contributed by atoms with van der Waals surface area (Å²) in [5.74, 6) is 0.110. The van der Waals surface area contributed by atoms with E-state index in [2.05, 4.69) is 4.90 Å². The van der Waals surface area contributed by atoms with Crippen molar-refractivity contribution in [2.75, 3.05) is 25.0 Å². The van der Waals surface area contributed by atoms with E-state index >= 15 is 0 Å². The van der Waals surface area contributed by atoms with Crippen molar-refractivity contribution in [3.05, 3.63) is 29.8 Å². The number of carbonyl (C=O) groups is 1. The molecule has 0 aliphatic carbocycles. The van der Waals surface area contributed by atoms with Crippen LogP contribution in [0.25, 0.3) is 0 Å². The van der Waals surface area contributed by atoms with Gasteiger partial charge in [-0.3, -0.25) is 4.79 Å². The molecule has 0 aromatic heterocycles. The molecule has 4 heteroatoms. The van der Waals surface area contributed by atoms with Gasteiger partial charge in [0.25, 0.3) is 0 Å². The highest BCUT2D eigenvalue weighted by atomic mass is 16.3. The first-order valence-electron chi connectivity index (χ1n) is 6.66. The Balaban J connectivity index is 2.44. The molecule has 0 saturated carbocycles. The average molecular weight is 262 g/mol. The van der Waals surface area contributed by atoms with Gasteiger partial charge in [-0.1, -0.05) is 18.2 Å². The Morgan fingerprint density at radius 2 is 1.89 bits per heavy atom. The number of hydrogen-bond donors (Lipinski definition) is 1. The molecule has 1 aliphatic heterocycles. The van der Waals surface area contributed by atoms with Crippen LogP contribution < -0.4 is 4.90 Å². The normalized spacial score (nSPS) is 20.6. The first-order chi connectivity index (χ1) is 8.85. The number of amides is 1. The van der Waals surface area contributed by atoms with Crippen LogP contribution in [0.5, 0.6) is 0 Å². The number of nitrogens with zero attached hydrogens (tertiary/aromatic N) is 2. The molecule has 2 rings (SSSR count). The van der Waals surface area contributed by atoms with Crippen LogP contribution in [0.1, 0.15) is 32.4 Å². The molecule has 0 spiro atoms.